The summed E-state index contributed by atoms with van der Waals surface area (Å²) in [5, 5.41) is 9.72. The Morgan fingerprint density at radius 1 is 1.45 bits per heavy atom. The molecule has 1 rings (SSSR count). The van der Waals surface area contributed by atoms with Crippen molar-refractivity contribution in [2.24, 2.45) is 5.92 Å². The maximum absolute atomic E-state index is 12.9. The van der Waals surface area contributed by atoms with Crippen molar-refractivity contribution < 1.29 is 18.0 Å². The normalized spacial score (nSPS) is 20.0. The minimum atomic E-state index is -4.44. The lowest BCUT2D eigenvalue weighted by molar-refractivity contribution is -0.162. The van der Waals surface area contributed by atoms with Crippen LogP contribution in [0.3, 0.4) is 0 Å². The van der Waals surface area contributed by atoms with Crippen LogP contribution in [-0.2, 0) is 4.79 Å². The lowest BCUT2D eigenvalue weighted by atomic mass is 9.86. The van der Waals surface area contributed by atoms with Crippen molar-refractivity contribution in [1.29, 1.82) is 5.41 Å². The third kappa shape index (κ3) is 4.63. The highest BCUT2D eigenvalue weighted by molar-refractivity contribution is 6.76. The van der Waals surface area contributed by atoms with Crippen molar-refractivity contribution in [3.63, 3.8) is 0 Å². The Kier molecular flexibility index (Phi) is 4.96. The summed E-state index contributed by atoms with van der Waals surface area (Å²) in [6.45, 7) is 6.19. The fourth-order valence-corrected chi connectivity index (χ4v) is 2.49. The van der Waals surface area contributed by atoms with Gasteiger partial charge in [0.05, 0.1) is 14.0 Å². The highest BCUT2D eigenvalue weighted by atomic mass is 28.3. The molecule has 0 aromatic rings. The van der Waals surface area contributed by atoms with Crippen molar-refractivity contribution in [2.45, 2.75) is 32.2 Å². The van der Waals surface area contributed by atoms with Gasteiger partial charge >= 0.3 is 6.18 Å². The summed E-state index contributed by atoms with van der Waals surface area (Å²) in [7, 11) is -1.49. The summed E-state index contributed by atoms with van der Waals surface area (Å²) in [4.78, 5) is 11.9. The standard InChI is InChI=1S/C13H19F3N2OSi/c1-20(2,3)8-18-12(19)9-4-5-10(7-17)11(6-9)13(14,15)16/h4-5,7,11,17H,6,8H2,1-3H3,(H,18,19). The molecule has 0 heterocycles. The number of carbonyl (C=O) groups excluding carboxylic acids is 1. The Morgan fingerprint density at radius 2 is 2.05 bits per heavy atom. The van der Waals surface area contributed by atoms with E-state index in [1.165, 1.54) is 12.2 Å². The van der Waals surface area contributed by atoms with Gasteiger partial charge in [-0.1, -0.05) is 31.8 Å². The average molecular weight is 304 g/mol. The molecule has 0 saturated carbocycles. The van der Waals surface area contributed by atoms with Gasteiger partial charge in [-0.3, -0.25) is 4.79 Å². The molecule has 112 valence electrons. The summed E-state index contributed by atoms with van der Waals surface area (Å²) in [6.07, 6.45) is -1.03. The molecule has 0 aromatic heterocycles. The maximum atomic E-state index is 12.9. The van der Waals surface area contributed by atoms with Crippen LogP contribution in [0.25, 0.3) is 0 Å². The van der Waals surface area contributed by atoms with Crippen LogP contribution < -0.4 is 5.32 Å². The van der Waals surface area contributed by atoms with Crippen molar-refractivity contribution in [3.05, 3.63) is 23.3 Å². The van der Waals surface area contributed by atoms with Crippen LogP contribution in [-0.4, -0.2) is 32.5 Å². The SMILES string of the molecule is C[Si](C)(C)CNC(=O)C1=CC=C(C=N)C(C(F)(F)F)C1. The van der Waals surface area contributed by atoms with E-state index in [0.29, 0.717) is 12.4 Å². The van der Waals surface area contributed by atoms with E-state index in [2.05, 4.69) is 25.0 Å². The molecule has 1 aliphatic carbocycles. The number of allylic oxidation sites excluding steroid dienone is 3. The van der Waals surface area contributed by atoms with E-state index in [1.807, 2.05) is 0 Å². The number of alkyl halides is 3. The van der Waals surface area contributed by atoms with Gasteiger partial charge in [-0.15, -0.1) is 0 Å². The minimum absolute atomic E-state index is 0.112. The highest BCUT2D eigenvalue weighted by Crippen LogP contribution is 2.38. The number of nitrogens with one attached hydrogen (secondary N) is 2. The Labute approximate surface area is 117 Å². The zero-order chi connectivity index (χ0) is 15.6. The Morgan fingerprint density at radius 3 is 2.50 bits per heavy atom. The van der Waals surface area contributed by atoms with Gasteiger partial charge in [0.1, 0.15) is 0 Å². The topological polar surface area (TPSA) is 53.0 Å². The molecule has 3 nitrogen and oxygen atoms in total. The van der Waals surface area contributed by atoms with Crippen LogP contribution in [0.4, 0.5) is 13.2 Å². The number of halogens is 3. The van der Waals surface area contributed by atoms with Gasteiger partial charge in [-0.25, -0.2) is 0 Å². The van der Waals surface area contributed by atoms with Crippen LogP contribution >= 0.6 is 0 Å². The van der Waals surface area contributed by atoms with Gasteiger partial charge < -0.3 is 10.7 Å². The molecular weight excluding hydrogens is 285 g/mol. The van der Waals surface area contributed by atoms with Crippen molar-refractivity contribution in [1.82, 2.24) is 5.32 Å². The molecule has 20 heavy (non-hydrogen) atoms. The molecule has 1 amide bonds. The van der Waals surface area contributed by atoms with Gasteiger partial charge in [-0.05, 0) is 12.0 Å². The van der Waals surface area contributed by atoms with Crippen molar-refractivity contribution >= 4 is 20.2 Å². The van der Waals surface area contributed by atoms with E-state index in [4.69, 9.17) is 5.41 Å². The second-order valence-electron chi connectivity index (χ2n) is 6.04. The quantitative estimate of drug-likeness (QED) is 0.608. The van der Waals surface area contributed by atoms with Crippen LogP contribution in [0.2, 0.25) is 19.6 Å². The summed E-state index contributed by atoms with van der Waals surface area (Å²) in [5.41, 5.74) is 0.00965. The van der Waals surface area contributed by atoms with E-state index in [0.717, 1.165) is 0 Å². The highest BCUT2D eigenvalue weighted by Gasteiger charge is 2.43. The first-order chi connectivity index (χ1) is 9.04. The lowest BCUT2D eigenvalue weighted by Gasteiger charge is -2.25. The molecule has 1 unspecified atom stereocenters. The Balaban J connectivity index is 2.83. The molecule has 0 aliphatic heterocycles. The number of amides is 1. The summed E-state index contributed by atoms with van der Waals surface area (Å²) < 4.78 is 38.7. The largest absolute Gasteiger partial charge is 0.396 e. The van der Waals surface area contributed by atoms with E-state index < -0.39 is 32.5 Å². The second-order valence-corrected chi connectivity index (χ2v) is 11.5. The first kappa shape index (κ1) is 16.7. The van der Waals surface area contributed by atoms with Gasteiger partial charge in [0.15, 0.2) is 0 Å². The fraction of sp³-hybridized carbons (Fsp3) is 0.538. The van der Waals surface area contributed by atoms with Crippen LogP contribution in [0.1, 0.15) is 6.42 Å². The molecule has 7 heteroatoms. The van der Waals surface area contributed by atoms with E-state index >= 15 is 0 Å². The summed E-state index contributed by atoms with van der Waals surface area (Å²) in [5.74, 6) is -2.21. The maximum Gasteiger partial charge on any atom is 0.396 e. The third-order valence-corrected chi connectivity index (χ3v) is 4.17. The van der Waals surface area contributed by atoms with Gasteiger partial charge in [0.2, 0.25) is 5.91 Å². The van der Waals surface area contributed by atoms with Crippen molar-refractivity contribution in [2.75, 3.05) is 6.17 Å². The number of hydrogen-bond acceptors (Lipinski definition) is 2. The molecular formula is C13H19F3N2OSi. The summed E-state index contributed by atoms with van der Waals surface area (Å²) in [6, 6.07) is 0. The molecule has 0 radical (unpaired) electrons. The first-order valence-corrected chi connectivity index (χ1v) is 10.0. The third-order valence-electron chi connectivity index (χ3n) is 2.94. The second kappa shape index (κ2) is 5.95. The monoisotopic (exact) mass is 304 g/mol. The predicted octanol–water partition coefficient (Wildman–Crippen LogP) is 3.06. The molecule has 1 atom stereocenters. The van der Waals surface area contributed by atoms with Crippen LogP contribution in [0.5, 0.6) is 0 Å². The molecule has 0 saturated heterocycles. The number of hydrogen-bond donors (Lipinski definition) is 2. The lowest BCUT2D eigenvalue weighted by Crippen LogP contribution is -2.41. The van der Waals surface area contributed by atoms with Gasteiger partial charge in [0.25, 0.3) is 0 Å². The predicted molar refractivity (Wildman–Crippen MR) is 75.5 cm³/mol. The Hall–Kier alpha value is -1.37. The van der Waals surface area contributed by atoms with Crippen molar-refractivity contribution in [3.8, 4) is 0 Å². The van der Waals surface area contributed by atoms with Gasteiger partial charge in [0, 0.05) is 18.0 Å². The molecule has 0 fully saturated rings. The molecule has 0 bridgehead atoms. The molecule has 2 N–H and O–H groups in total. The summed E-state index contributed by atoms with van der Waals surface area (Å²) >= 11 is 0. The Bertz CT molecular complexity index is 461. The van der Waals surface area contributed by atoms with E-state index in [1.54, 1.807) is 0 Å². The zero-order valence-corrected chi connectivity index (χ0v) is 12.8. The van der Waals surface area contributed by atoms with E-state index in [-0.39, 0.29) is 11.1 Å². The number of carbonyl (C=O) groups is 1. The van der Waals surface area contributed by atoms with Crippen LogP contribution in [0.15, 0.2) is 23.3 Å². The fourth-order valence-electron chi connectivity index (χ4n) is 1.80. The first-order valence-electron chi connectivity index (χ1n) is 6.31. The van der Waals surface area contributed by atoms with Crippen LogP contribution in [0, 0.1) is 11.3 Å². The van der Waals surface area contributed by atoms with E-state index in [9.17, 15) is 18.0 Å². The number of rotatable bonds is 4. The molecule has 0 spiro atoms. The van der Waals surface area contributed by atoms with Gasteiger partial charge in [-0.2, -0.15) is 13.2 Å². The molecule has 0 aromatic carbocycles. The average Bonchev–Trinajstić information content (AvgIpc) is 2.33. The smallest absolute Gasteiger partial charge is 0.355 e. The molecule has 1 aliphatic rings. The zero-order valence-electron chi connectivity index (χ0n) is 11.8. The minimum Gasteiger partial charge on any atom is -0.355 e.